The number of aryl methyl sites for hydroxylation is 1. The van der Waals surface area contributed by atoms with Crippen molar-refractivity contribution < 1.29 is 23.5 Å². The normalized spacial score (nSPS) is 10.8. The number of esters is 1. The van der Waals surface area contributed by atoms with Crippen LogP contribution in [0.15, 0.2) is 59.0 Å². The SMILES string of the molecule is COC(=O)c1sc2cc(NC(=O)c3ccc(COc4cccc(C)c4)o3)ccc2c1Cl. The second-order valence-corrected chi connectivity index (χ2v) is 8.20. The number of methoxy groups -OCH3 is 1. The quantitative estimate of drug-likeness (QED) is 0.357. The van der Waals surface area contributed by atoms with Gasteiger partial charge in [-0.3, -0.25) is 4.79 Å². The standard InChI is InChI=1S/C23H18ClNO5S/c1-13-4-3-5-15(10-13)29-12-16-7-9-18(30-16)22(26)25-14-6-8-17-19(11-14)31-21(20(17)24)23(27)28-2/h3-11H,12H2,1-2H3,(H,25,26). The lowest BCUT2D eigenvalue weighted by Crippen LogP contribution is -2.10. The predicted octanol–water partition coefficient (Wildman–Crippen LogP) is 6.07. The Hall–Kier alpha value is -3.29. The van der Waals surface area contributed by atoms with E-state index in [1.165, 1.54) is 18.4 Å². The maximum atomic E-state index is 12.6. The average Bonchev–Trinajstić information content (AvgIpc) is 3.36. The number of amides is 1. The van der Waals surface area contributed by atoms with Gasteiger partial charge in [-0.2, -0.15) is 0 Å². The lowest BCUT2D eigenvalue weighted by molar-refractivity contribution is 0.0606. The average molecular weight is 456 g/mol. The van der Waals surface area contributed by atoms with Gasteiger partial charge in [0, 0.05) is 15.8 Å². The summed E-state index contributed by atoms with van der Waals surface area (Å²) in [6.07, 6.45) is 0. The van der Waals surface area contributed by atoms with Crippen LogP contribution in [0.5, 0.6) is 5.75 Å². The summed E-state index contributed by atoms with van der Waals surface area (Å²) < 4.78 is 16.8. The molecular weight excluding hydrogens is 438 g/mol. The topological polar surface area (TPSA) is 77.8 Å². The number of fused-ring (bicyclic) bond motifs is 1. The van der Waals surface area contributed by atoms with Crippen LogP contribution in [-0.2, 0) is 11.3 Å². The molecular formula is C23H18ClNO5S. The number of furan rings is 1. The molecule has 2 aromatic heterocycles. The summed E-state index contributed by atoms with van der Waals surface area (Å²) in [6.45, 7) is 2.20. The number of anilines is 1. The van der Waals surface area contributed by atoms with E-state index in [-0.39, 0.29) is 12.4 Å². The third-order valence-electron chi connectivity index (χ3n) is 4.51. The zero-order valence-electron chi connectivity index (χ0n) is 16.7. The number of benzene rings is 2. The van der Waals surface area contributed by atoms with Gasteiger partial charge in [0.1, 0.15) is 23.0 Å². The maximum Gasteiger partial charge on any atom is 0.349 e. The van der Waals surface area contributed by atoms with Gasteiger partial charge < -0.3 is 19.2 Å². The number of halogens is 1. The van der Waals surface area contributed by atoms with Gasteiger partial charge in [0.2, 0.25) is 0 Å². The summed E-state index contributed by atoms with van der Waals surface area (Å²) in [5.74, 6) is 0.554. The minimum Gasteiger partial charge on any atom is -0.486 e. The van der Waals surface area contributed by atoms with Gasteiger partial charge in [-0.1, -0.05) is 23.7 Å². The Morgan fingerprint density at radius 3 is 2.74 bits per heavy atom. The van der Waals surface area contributed by atoms with E-state index in [4.69, 9.17) is 25.5 Å². The number of hydrogen-bond donors (Lipinski definition) is 1. The molecule has 4 rings (SSSR count). The zero-order chi connectivity index (χ0) is 22.0. The summed E-state index contributed by atoms with van der Waals surface area (Å²) in [5, 5.41) is 3.85. The van der Waals surface area contributed by atoms with Crippen LogP contribution in [0.25, 0.3) is 10.1 Å². The van der Waals surface area contributed by atoms with Gasteiger partial charge in [-0.25, -0.2) is 4.79 Å². The van der Waals surface area contributed by atoms with Gasteiger partial charge in [-0.05, 0) is 55.0 Å². The molecule has 1 N–H and O–H groups in total. The third-order valence-corrected chi connectivity index (χ3v) is 6.15. The first-order valence-electron chi connectivity index (χ1n) is 9.34. The molecule has 0 aliphatic heterocycles. The molecule has 0 spiro atoms. The second kappa shape index (κ2) is 8.83. The van der Waals surface area contributed by atoms with Crippen LogP contribution in [0.3, 0.4) is 0 Å². The van der Waals surface area contributed by atoms with Gasteiger partial charge >= 0.3 is 5.97 Å². The van der Waals surface area contributed by atoms with Crippen LogP contribution < -0.4 is 10.1 Å². The van der Waals surface area contributed by atoms with Crippen molar-refractivity contribution in [2.45, 2.75) is 13.5 Å². The van der Waals surface area contributed by atoms with Crippen LogP contribution in [0.1, 0.15) is 31.6 Å². The minimum absolute atomic E-state index is 0.169. The summed E-state index contributed by atoms with van der Waals surface area (Å²) >= 11 is 7.47. The lowest BCUT2D eigenvalue weighted by atomic mass is 10.2. The molecule has 4 aromatic rings. The monoisotopic (exact) mass is 455 g/mol. The molecule has 0 radical (unpaired) electrons. The van der Waals surface area contributed by atoms with Gasteiger partial charge in [0.05, 0.1) is 12.1 Å². The highest BCUT2D eigenvalue weighted by molar-refractivity contribution is 7.21. The van der Waals surface area contributed by atoms with Crippen molar-refractivity contribution in [2.24, 2.45) is 0 Å². The summed E-state index contributed by atoms with van der Waals surface area (Å²) in [5.41, 5.74) is 1.65. The molecule has 6 nitrogen and oxygen atoms in total. The van der Waals surface area contributed by atoms with Crippen molar-refractivity contribution >= 4 is 50.6 Å². The van der Waals surface area contributed by atoms with Crippen molar-refractivity contribution in [3.8, 4) is 5.75 Å². The van der Waals surface area contributed by atoms with E-state index in [1.807, 2.05) is 31.2 Å². The Morgan fingerprint density at radius 2 is 1.97 bits per heavy atom. The summed E-state index contributed by atoms with van der Waals surface area (Å²) in [7, 11) is 1.30. The molecule has 0 saturated heterocycles. The van der Waals surface area contributed by atoms with E-state index in [1.54, 1.807) is 30.3 Å². The Morgan fingerprint density at radius 1 is 1.13 bits per heavy atom. The molecule has 0 atom stereocenters. The maximum absolute atomic E-state index is 12.6. The largest absolute Gasteiger partial charge is 0.486 e. The Balaban J connectivity index is 1.44. The van der Waals surface area contributed by atoms with Crippen molar-refractivity contribution in [1.29, 1.82) is 0 Å². The highest BCUT2D eigenvalue weighted by Crippen LogP contribution is 2.37. The first-order chi connectivity index (χ1) is 14.9. The van der Waals surface area contributed by atoms with Gasteiger partial charge in [0.25, 0.3) is 5.91 Å². The number of nitrogens with one attached hydrogen (secondary N) is 1. The van der Waals surface area contributed by atoms with E-state index in [9.17, 15) is 9.59 Å². The number of carbonyl (C=O) groups is 2. The fraction of sp³-hybridized carbons (Fsp3) is 0.130. The highest BCUT2D eigenvalue weighted by Gasteiger charge is 2.18. The first-order valence-corrected chi connectivity index (χ1v) is 10.5. The van der Waals surface area contributed by atoms with E-state index in [2.05, 4.69) is 5.32 Å². The Bertz CT molecular complexity index is 1280. The number of ether oxygens (including phenoxy) is 2. The fourth-order valence-corrected chi connectivity index (χ4v) is 4.46. The molecule has 8 heteroatoms. The molecule has 0 aliphatic rings. The molecule has 0 unspecified atom stereocenters. The summed E-state index contributed by atoms with van der Waals surface area (Å²) in [4.78, 5) is 24.7. The molecule has 31 heavy (non-hydrogen) atoms. The van der Waals surface area contributed by atoms with Gasteiger partial charge in [-0.15, -0.1) is 11.3 Å². The van der Waals surface area contributed by atoms with Crippen LogP contribution in [0, 0.1) is 6.92 Å². The number of thiophene rings is 1. The molecule has 0 fully saturated rings. The zero-order valence-corrected chi connectivity index (χ0v) is 18.3. The first kappa shape index (κ1) is 21.0. The van der Waals surface area contributed by atoms with Crippen LogP contribution in [0.2, 0.25) is 5.02 Å². The lowest BCUT2D eigenvalue weighted by Gasteiger charge is -2.05. The van der Waals surface area contributed by atoms with Crippen molar-refractivity contribution in [2.75, 3.05) is 12.4 Å². The second-order valence-electron chi connectivity index (χ2n) is 6.77. The Labute approximate surface area is 187 Å². The molecule has 1 amide bonds. The Kier molecular flexibility index (Phi) is 5.97. The van der Waals surface area contributed by atoms with Gasteiger partial charge in [0.15, 0.2) is 5.76 Å². The smallest absolute Gasteiger partial charge is 0.349 e. The molecule has 2 aromatic carbocycles. The summed E-state index contributed by atoms with van der Waals surface area (Å²) in [6, 6.07) is 16.2. The predicted molar refractivity (Wildman–Crippen MR) is 120 cm³/mol. The third kappa shape index (κ3) is 4.57. The number of hydrogen-bond acceptors (Lipinski definition) is 6. The van der Waals surface area contributed by atoms with E-state index in [0.717, 1.165) is 21.4 Å². The molecule has 0 aliphatic carbocycles. The van der Waals surface area contributed by atoms with E-state index < -0.39 is 11.9 Å². The minimum atomic E-state index is -0.493. The molecule has 0 bridgehead atoms. The highest BCUT2D eigenvalue weighted by atomic mass is 35.5. The number of carbonyl (C=O) groups excluding carboxylic acids is 2. The molecule has 2 heterocycles. The van der Waals surface area contributed by atoms with Crippen molar-refractivity contribution in [1.82, 2.24) is 0 Å². The van der Waals surface area contributed by atoms with E-state index in [0.29, 0.717) is 21.3 Å². The van der Waals surface area contributed by atoms with E-state index >= 15 is 0 Å². The van der Waals surface area contributed by atoms with Crippen molar-refractivity contribution in [3.63, 3.8) is 0 Å². The molecule has 158 valence electrons. The number of rotatable bonds is 6. The van der Waals surface area contributed by atoms with Crippen molar-refractivity contribution in [3.05, 3.63) is 81.6 Å². The molecule has 0 saturated carbocycles. The van der Waals surface area contributed by atoms with Crippen LogP contribution >= 0.6 is 22.9 Å². The van der Waals surface area contributed by atoms with Crippen LogP contribution in [0.4, 0.5) is 5.69 Å². The van der Waals surface area contributed by atoms with Crippen LogP contribution in [-0.4, -0.2) is 19.0 Å². The fourth-order valence-electron chi connectivity index (χ4n) is 3.00.